The van der Waals surface area contributed by atoms with Crippen molar-refractivity contribution in [1.29, 1.82) is 5.26 Å². The molecule has 0 saturated carbocycles. The molecule has 0 aliphatic rings. The van der Waals surface area contributed by atoms with Gasteiger partial charge in [-0.25, -0.2) is 0 Å². The first-order chi connectivity index (χ1) is 6.15. The highest BCUT2D eigenvalue weighted by Crippen LogP contribution is 2.11. The average molecular weight is 285 g/mol. The first kappa shape index (κ1) is 10.2. The molecule has 0 fully saturated rings. The standard InChI is InChI=1S/C10H8INO/c1-7(6-12)10(13)8-3-2-4-9(11)5-8/h2-5,7H,1H3. The summed E-state index contributed by atoms with van der Waals surface area (Å²) in [5, 5.41) is 8.56. The van der Waals surface area contributed by atoms with Gasteiger partial charge >= 0.3 is 0 Å². The Morgan fingerprint density at radius 3 is 2.85 bits per heavy atom. The van der Waals surface area contributed by atoms with Crippen LogP contribution in [0.15, 0.2) is 24.3 Å². The molecule has 1 rings (SSSR count). The SMILES string of the molecule is CC(C#N)C(=O)c1cccc(I)c1. The number of carbonyl (C=O) groups is 1. The lowest BCUT2D eigenvalue weighted by Gasteiger charge is -2.01. The normalized spacial score (nSPS) is 11.8. The molecular formula is C10H8INO. The number of ketones is 1. The molecule has 0 saturated heterocycles. The van der Waals surface area contributed by atoms with Crippen LogP contribution in [0.2, 0.25) is 0 Å². The number of carbonyl (C=O) groups excluding carboxylic acids is 1. The van der Waals surface area contributed by atoms with Gasteiger partial charge in [-0.2, -0.15) is 5.26 Å². The number of hydrogen-bond acceptors (Lipinski definition) is 2. The van der Waals surface area contributed by atoms with E-state index in [-0.39, 0.29) is 5.78 Å². The number of hydrogen-bond donors (Lipinski definition) is 0. The second-order valence-electron chi connectivity index (χ2n) is 2.73. The molecule has 0 aromatic heterocycles. The van der Waals surface area contributed by atoms with Crippen molar-refractivity contribution in [2.75, 3.05) is 0 Å². The minimum atomic E-state index is -0.557. The van der Waals surface area contributed by atoms with Gasteiger partial charge in [-0.15, -0.1) is 0 Å². The molecule has 13 heavy (non-hydrogen) atoms. The first-order valence-electron chi connectivity index (χ1n) is 3.84. The first-order valence-corrected chi connectivity index (χ1v) is 4.92. The van der Waals surface area contributed by atoms with Crippen LogP contribution in [-0.2, 0) is 0 Å². The van der Waals surface area contributed by atoms with Crippen LogP contribution < -0.4 is 0 Å². The molecule has 0 amide bonds. The van der Waals surface area contributed by atoms with Crippen LogP contribution >= 0.6 is 22.6 Å². The highest BCUT2D eigenvalue weighted by atomic mass is 127. The molecule has 1 atom stereocenters. The zero-order valence-electron chi connectivity index (χ0n) is 7.12. The Hall–Kier alpha value is -0.890. The van der Waals surface area contributed by atoms with E-state index < -0.39 is 5.92 Å². The molecule has 2 nitrogen and oxygen atoms in total. The second kappa shape index (κ2) is 4.38. The van der Waals surface area contributed by atoms with Crippen molar-refractivity contribution in [3.8, 4) is 6.07 Å². The third kappa shape index (κ3) is 2.52. The summed E-state index contributed by atoms with van der Waals surface area (Å²) in [4.78, 5) is 11.5. The molecule has 3 heteroatoms. The van der Waals surface area contributed by atoms with E-state index in [9.17, 15) is 4.79 Å². The Labute approximate surface area is 90.7 Å². The van der Waals surface area contributed by atoms with Gasteiger partial charge in [0.15, 0.2) is 5.78 Å². The van der Waals surface area contributed by atoms with E-state index in [1.54, 1.807) is 19.1 Å². The monoisotopic (exact) mass is 285 g/mol. The molecule has 0 aliphatic carbocycles. The van der Waals surface area contributed by atoms with Gasteiger partial charge in [0.05, 0.1) is 6.07 Å². The molecule has 0 bridgehead atoms. The fraction of sp³-hybridized carbons (Fsp3) is 0.200. The fourth-order valence-electron chi connectivity index (χ4n) is 0.950. The molecule has 1 unspecified atom stereocenters. The molecule has 0 radical (unpaired) electrons. The number of Topliss-reactive ketones (excluding diaryl/α,β-unsaturated/α-hetero) is 1. The van der Waals surface area contributed by atoms with Gasteiger partial charge in [-0.3, -0.25) is 4.79 Å². The highest BCUT2D eigenvalue weighted by Gasteiger charge is 2.13. The van der Waals surface area contributed by atoms with Crippen molar-refractivity contribution in [3.05, 3.63) is 33.4 Å². The van der Waals surface area contributed by atoms with Gasteiger partial charge in [0.2, 0.25) is 0 Å². The third-order valence-corrected chi connectivity index (χ3v) is 2.37. The maximum atomic E-state index is 11.5. The maximum Gasteiger partial charge on any atom is 0.179 e. The van der Waals surface area contributed by atoms with Gasteiger partial charge in [-0.1, -0.05) is 12.1 Å². The predicted molar refractivity (Wildman–Crippen MR) is 58.3 cm³/mol. The quantitative estimate of drug-likeness (QED) is 0.619. The Morgan fingerprint density at radius 1 is 1.62 bits per heavy atom. The van der Waals surface area contributed by atoms with Gasteiger partial charge in [0, 0.05) is 9.13 Å². The molecule has 1 aromatic carbocycles. The lowest BCUT2D eigenvalue weighted by atomic mass is 10.0. The summed E-state index contributed by atoms with van der Waals surface area (Å²) in [5.74, 6) is -0.667. The van der Waals surface area contributed by atoms with Crippen LogP contribution in [0.5, 0.6) is 0 Å². The number of nitrogens with zero attached hydrogens (tertiary/aromatic N) is 1. The second-order valence-corrected chi connectivity index (χ2v) is 3.97. The summed E-state index contributed by atoms with van der Waals surface area (Å²) in [6.45, 7) is 1.61. The molecule has 0 heterocycles. The smallest absolute Gasteiger partial charge is 0.179 e. The van der Waals surface area contributed by atoms with Crippen molar-refractivity contribution in [3.63, 3.8) is 0 Å². The van der Waals surface area contributed by atoms with E-state index in [0.29, 0.717) is 5.56 Å². The van der Waals surface area contributed by atoms with Crippen molar-refractivity contribution < 1.29 is 4.79 Å². The molecule has 0 spiro atoms. The predicted octanol–water partition coefficient (Wildman–Crippen LogP) is 2.63. The summed E-state index contributed by atoms with van der Waals surface area (Å²) in [6.07, 6.45) is 0. The Balaban J connectivity index is 2.97. The van der Waals surface area contributed by atoms with Crippen LogP contribution in [0.1, 0.15) is 17.3 Å². The maximum absolute atomic E-state index is 11.5. The fourth-order valence-corrected chi connectivity index (χ4v) is 1.49. The summed E-state index contributed by atoms with van der Waals surface area (Å²) in [5.41, 5.74) is 0.612. The van der Waals surface area contributed by atoms with E-state index in [4.69, 9.17) is 5.26 Å². The Morgan fingerprint density at radius 2 is 2.31 bits per heavy atom. The van der Waals surface area contributed by atoms with Crippen molar-refractivity contribution >= 4 is 28.4 Å². The van der Waals surface area contributed by atoms with Crippen LogP contribution in [-0.4, -0.2) is 5.78 Å². The summed E-state index contributed by atoms with van der Waals surface area (Å²) < 4.78 is 1.01. The number of nitriles is 1. The molecule has 1 aromatic rings. The number of rotatable bonds is 2. The van der Waals surface area contributed by atoms with E-state index in [2.05, 4.69) is 22.6 Å². The van der Waals surface area contributed by atoms with Crippen LogP contribution in [0, 0.1) is 20.8 Å². The van der Waals surface area contributed by atoms with E-state index in [1.165, 1.54) is 0 Å². The Bertz CT molecular complexity index is 367. The molecule has 0 aliphatic heterocycles. The topological polar surface area (TPSA) is 40.9 Å². The summed E-state index contributed by atoms with van der Waals surface area (Å²) in [7, 11) is 0. The van der Waals surface area contributed by atoms with E-state index >= 15 is 0 Å². The van der Waals surface area contributed by atoms with Crippen molar-refractivity contribution in [2.45, 2.75) is 6.92 Å². The minimum Gasteiger partial charge on any atom is -0.293 e. The average Bonchev–Trinajstić information content (AvgIpc) is 2.15. The van der Waals surface area contributed by atoms with Gasteiger partial charge in [0.1, 0.15) is 5.92 Å². The van der Waals surface area contributed by atoms with Crippen LogP contribution in [0.3, 0.4) is 0 Å². The van der Waals surface area contributed by atoms with E-state index in [0.717, 1.165) is 3.57 Å². The largest absolute Gasteiger partial charge is 0.293 e. The summed E-state index contributed by atoms with van der Waals surface area (Å²) in [6, 6.07) is 9.18. The minimum absolute atomic E-state index is 0.110. The van der Waals surface area contributed by atoms with Crippen LogP contribution in [0.25, 0.3) is 0 Å². The Kier molecular flexibility index (Phi) is 3.43. The highest BCUT2D eigenvalue weighted by molar-refractivity contribution is 14.1. The van der Waals surface area contributed by atoms with Gasteiger partial charge in [-0.05, 0) is 41.6 Å². The number of benzene rings is 1. The molecular weight excluding hydrogens is 277 g/mol. The van der Waals surface area contributed by atoms with Crippen molar-refractivity contribution in [2.24, 2.45) is 5.92 Å². The van der Waals surface area contributed by atoms with Crippen molar-refractivity contribution in [1.82, 2.24) is 0 Å². The molecule has 66 valence electrons. The lowest BCUT2D eigenvalue weighted by Crippen LogP contribution is -2.08. The third-order valence-electron chi connectivity index (χ3n) is 1.70. The molecule has 0 N–H and O–H groups in total. The van der Waals surface area contributed by atoms with Gasteiger partial charge < -0.3 is 0 Å². The zero-order chi connectivity index (χ0) is 9.84. The lowest BCUT2D eigenvalue weighted by molar-refractivity contribution is 0.0956. The number of halogens is 1. The van der Waals surface area contributed by atoms with Crippen LogP contribution in [0.4, 0.5) is 0 Å². The van der Waals surface area contributed by atoms with E-state index in [1.807, 2.05) is 18.2 Å². The summed E-state index contributed by atoms with van der Waals surface area (Å²) >= 11 is 2.14. The zero-order valence-corrected chi connectivity index (χ0v) is 9.28. The van der Waals surface area contributed by atoms with Gasteiger partial charge in [0.25, 0.3) is 0 Å².